The number of carbonyl (C=O) groups excluding carboxylic acids is 1. The van der Waals surface area contributed by atoms with Crippen LogP contribution in [0.2, 0.25) is 0 Å². The summed E-state index contributed by atoms with van der Waals surface area (Å²) in [6.45, 7) is 3.02. The van der Waals surface area contributed by atoms with Gasteiger partial charge >= 0.3 is 0 Å². The van der Waals surface area contributed by atoms with Gasteiger partial charge in [0.1, 0.15) is 5.82 Å². The van der Waals surface area contributed by atoms with E-state index < -0.39 is 0 Å². The van der Waals surface area contributed by atoms with Crippen molar-refractivity contribution >= 4 is 28.3 Å². The molecule has 0 radical (unpaired) electrons. The van der Waals surface area contributed by atoms with Gasteiger partial charge in [0.25, 0.3) is 5.91 Å². The Hall–Kier alpha value is -3.02. The molecule has 0 saturated heterocycles. The van der Waals surface area contributed by atoms with E-state index in [1.54, 1.807) is 18.3 Å². The molecule has 6 heteroatoms. The normalized spacial score (nSPS) is 10.6. The average molecular weight is 335 g/mol. The fraction of sp³-hybridized carbons (Fsp3) is 0.263. The molecule has 0 fully saturated rings. The molecule has 6 nitrogen and oxygen atoms in total. The van der Waals surface area contributed by atoms with Crippen LogP contribution in [0.15, 0.2) is 48.7 Å². The van der Waals surface area contributed by atoms with Crippen molar-refractivity contribution in [1.82, 2.24) is 15.2 Å². The van der Waals surface area contributed by atoms with Crippen molar-refractivity contribution in [2.24, 2.45) is 0 Å². The number of para-hydroxylation sites is 1. The van der Waals surface area contributed by atoms with Crippen LogP contribution in [0.25, 0.3) is 10.9 Å². The molecular formula is C19H21N5O. The van der Waals surface area contributed by atoms with Crippen LogP contribution in [-0.2, 0) is 0 Å². The minimum absolute atomic E-state index is 0.270. The van der Waals surface area contributed by atoms with Crippen LogP contribution in [-0.4, -0.2) is 27.6 Å². The third kappa shape index (κ3) is 4.29. The number of fused-ring (bicyclic) bond motifs is 1. The molecule has 2 aromatic heterocycles. The van der Waals surface area contributed by atoms with Gasteiger partial charge in [0.05, 0.1) is 11.2 Å². The zero-order chi connectivity index (χ0) is 17.5. The van der Waals surface area contributed by atoms with E-state index in [0.29, 0.717) is 11.5 Å². The van der Waals surface area contributed by atoms with Gasteiger partial charge in [0, 0.05) is 18.1 Å². The number of amides is 1. The predicted octanol–water partition coefficient (Wildman–Crippen LogP) is 3.88. The number of nitrogens with one attached hydrogen (secondary N) is 2. The van der Waals surface area contributed by atoms with Crippen molar-refractivity contribution < 1.29 is 4.79 Å². The van der Waals surface area contributed by atoms with Crippen molar-refractivity contribution in [2.75, 3.05) is 17.2 Å². The number of benzene rings is 1. The lowest BCUT2D eigenvalue weighted by Crippen LogP contribution is -2.15. The fourth-order valence-corrected chi connectivity index (χ4v) is 2.53. The van der Waals surface area contributed by atoms with Crippen LogP contribution in [0.5, 0.6) is 0 Å². The predicted molar refractivity (Wildman–Crippen MR) is 99.7 cm³/mol. The first-order valence-corrected chi connectivity index (χ1v) is 8.50. The lowest BCUT2D eigenvalue weighted by molar-refractivity contribution is 0.102. The maximum Gasteiger partial charge on any atom is 0.276 e. The van der Waals surface area contributed by atoms with Gasteiger partial charge in [-0.3, -0.25) is 9.78 Å². The van der Waals surface area contributed by atoms with Gasteiger partial charge in [-0.2, -0.15) is 0 Å². The molecule has 3 aromatic rings. The maximum atomic E-state index is 12.4. The molecule has 0 unspecified atom stereocenters. The molecular weight excluding hydrogens is 314 g/mol. The number of hydrogen-bond acceptors (Lipinski definition) is 5. The minimum atomic E-state index is -0.303. The first kappa shape index (κ1) is 16.8. The number of carbonyl (C=O) groups is 1. The van der Waals surface area contributed by atoms with Crippen molar-refractivity contribution in [3.05, 3.63) is 54.4 Å². The highest BCUT2D eigenvalue weighted by Crippen LogP contribution is 2.21. The van der Waals surface area contributed by atoms with Crippen LogP contribution in [0.4, 0.5) is 11.5 Å². The smallest absolute Gasteiger partial charge is 0.276 e. The van der Waals surface area contributed by atoms with Gasteiger partial charge in [0.2, 0.25) is 0 Å². The maximum absolute atomic E-state index is 12.4. The van der Waals surface area contributed by atoms with Gasteiger partial charge in [-0.15, -0.1) is 10.2 Å². The van der Waals surface area contributed by atoms with E-state index in [1.807, 2.05) is 30.3 Å². The van der Waals surface area contributed by atoms with Crippen LogP contribution in [0, 0.1) is 0 Å². The number of aromatic nitrogens is 3. The summed E-state index contributed by atoms with van der Waals surface area (Å²) in [5.74, 6) is 0.377. The van der Waals surface area contributed by atoms with E-state index in [0.717, 1.165) is 23.9 Å². The fourth-order valence-electron chi connectivity index (χ4n) is 2.53. The van der Waals surface area contributed by atoms with Crippen molar-refractivity contribution in [3.63, 3.8) is 0 Å². The van der Waals surface area contributed by atoms with Crippen molar-refractivity contribution in [1.29, 1.82) is 0 Å². The largest absolute Gasteiger partial charge is 0.369 e. The lowest BCUT2D eigenvalue weighted by atomic mass is 10.2. The number of nitrogens with zero attached hydrogens (tertiary/aromatic N) is 3. The Labute approximate surface area is 146 Å². The molecule has 1 aromatic carbocycles. The summed E-state index contributed by atoms with van der Waals surface area (Å²) in [5, 5.41) is 15.1. The standard InChI is InChI=1S/C19H21N5O/c1-2-3-4-12-20-17-11-10-16(23-24-17)19(25)22-15-9-5-7-14-8-6-13-21-18(14)15/h5-11,13H,2-4,12H2,1H3,(H,20,24)(H,22,25). The summed E-state index contributed by atoms with van der Waals surface area (Å²) in [6.07, 6.45) is 5.15. The first-order valence-electron chi connectivity index (χ1n) is 8.50. The first-order chi connectivity index (χ1) is 12.3. The molecule has 2 heterocycles. The lowest BCUT2D eigenvalue weighted by Gasteiger charge is -2.08. The zero-order valence-electron chi connectivity index (χ0n) is 14.2. The number of hydrogen-bond donors (Lipinski definition) is 2. The van der Waals surface area contributed by atoms with E-state index in [9.17, 15) is 4.79 Å². The van der Waals surface area contributed by atoms with Crippen molar-refractivity contribution in [2.45, 2.75) is 26.2 Å². The molecule has 0 atom stereocenters. The highest BCUT2D eigenvalue weighted by Gasteiger charge is 2.11. The molecule has 0 aliphatic rings. The number of anilines is 2. The van der Waals surface area contributed by atoms with Gasteiger partial charge in [-0.25, -0.2) is 0 Å². The van der Waals surface area contributed by atoms with E-state index in [1.165, 1.54) is 12.8 Å². The van der Waals surface area contributed by atoms with Crippen LogP contribution in [0.3, 0.4) is 0 Å². The Morgan fingerprint density at radius 2 is 1.92 bits per heavy atom. The molecule has 2 N–H and O–H groups in total. The van der Waals surface area contributed by atoms with Gasteiger partial charge in [-0.05, 0) is 30.7 Å². The molecule has 3 rings (SSSR count). The monoisotopic (exact) mass is 335 g/mol. The highest BCUT2D eigenvalue weighted by molar-refractivity contribution is 6.07. The molecule has 0 bridgehead atoms. The Kier molecular flexibility index (Phi) is 5.51. The van der Waals surface area contributed by atoms with Crippen LogP contribution >= 0.6 is 0 Å². The summed E-state index contributed by atoms with van der Waals surface area (Å²) in [5.41, 5.74) is 1.68. The molecule has 25 heavy (non-hydrogen) atoms. The third-order valence-corrected chi connectivity index (χ3v) is 3.86. The topological polar surface area (TPSA) is 79.8 Å². The Balaban J connectivity index is 1.66. The summed E-state index contributed by atoms with van der Waals surface area (Å²) in [4.78, 5) is 16.7. The second kappa shape index (κ2) is 8.19. The Morgan fingerprint density at radius 1 is 1.04 bits per heavy atom. The summed E-state index contributed by atoms with van der Waals surface area (Å²) < 4.78 is 0. The second-order valence-corrected chi connectivity index (χ2v) is 5.77. The van der Waals surface area contributed by atoms with Crippen molar-refractivity contribution in [3.8, 4) is 0 Å². The summed E-state index contributed by atoms with van der Waals surface area (Å²) >= 11 is 0. The molecule has 1 amide bonds. The van der Waals surface area contributed by atoms with Crippen LogP contribution < -0.4 is 10.6 Å². The van der Waals surface area contributed by atoms with E-state index >= 15 is 0 Å². The molecule has 0 aliphatic heterocycles. The van der Waals surface area contributed by atoms with E-state index in [2.05, 4.69) is 32.7 Å². The van der Waals surface area contributed by atoms with Crippen LogP contribution in [0.1, 0.15) is 36.7 Å². The number of unbranched alkanes of at least 4 members (excludes halogenated alkanes) is 2. The van der Waals surface area contributed by atoms with Gasteiger partial charge in [0.15, 0.2) is 5.69 Å². The molecule has 0 spiro atoms. The second-order valence-electron chi connectivity index (χ2n) is 5.77. The summed E-state index contributed by atoms with van der Waals surface area (Å²) in [7, 11) is 0. The van der Waals surface area contributed by atoms with E-state index in [-0.39, 0.29) is 11.6 Å². The molecule has 0 saturated carbocycles. The Bertz CT molecular complexity index is 843. The van der Waals surface area contributed by atoms with Gasteiger partial charge < -0.3 is 10.6 Å². The molecule has 128 valence electrons. The SMILES string of the molecule is CCCCCNc1ccc(C(=O)Nc2cccc3cccnc23)nn1. The quantitative estimate of drug-likeness (QED) is 0.641. The highest BCUT2D eigenvalue weighted by atomic mass is 16.1. The van der Waals surface area contributed by atoms with Gasteiger partial charge in [-0.1, -0.05) is 38.0 Å². The Morgan fingerprint density at radius 3 is 2.72 bits per heavy atom. The summed E-state index contributed by atoms with van der Waals surface area (Å²) in [6, 6.07) is 12.9. The number of rotatable bonds is 7. The third-order valence-electron chi connectivity index (χ3n) is 3.86. The molecule has 0 aliphatic carbocycles. The zero-order valence-corrected chi connectivity index (χ0v) is 14.2. The van der Waals surface area contributed by atoms with E-state index in [4.69, 9.17) is 0 Å². The average Bonchev–Trinajstić information content (AvgIpc) is 2.66. The minimum Gasteiger partial charge on any atom is -0.369 e. The number of pyridine rings is 1.